The maximum Gasteiger partial charge on any atom is 0.279 e. The van der Waals surface area contributed by atoms with Crippen LogP contribution in [0.25, 0.3) is 0 Å². The van der Waals surface area contributed by atoms with E-state index in [4.69, 9.17) is 0 Å². The van der Waals surface area contributed by atoms with E-state index in [1.165, 1.54) is 4.31 Å². The van der Waals surface area contributed by atoms with Crippen LogP contribution in [0.1, 0.15) is 13.3 Å². The van der Waals surface area contributed by atoms with Crippen LogP contribution in [0.15, 0.2) is 0 Å². The second kappa shape index (κ2) is 6.80. The Labute approximate surface area is 103 Å². The number of rotatable bonds is 6. The fourth-order valence-electron chi connectivity index (χ4n) is 1.57. The van der Waals surface area contributed by atoms with Crippen molar-refractivity contribution in [2.75, 3.05) is 38.2 Å². The SMILES string of the molecule is CSCCC(C)NS(=O)(=O)N1CCNCC1. The minimum atomic E-state index is -3.28. The molecule has 1 aliphatic heterocycles. The minimum absolute atomic E-state index is 0.00679. The number of nitrogens with one attached hydrogen (secondary N) is 2. The molecule has 1 aliphatic rings. The Morgan fingerprint density at radius 2 is 2.06 bits per heavy atom. The molecule has 1 heterocycles. The third kappa shape index (κ3) is 4.58. The molecule has 0 spiro atoms. The van der Waals surface area contributed by atoms with Crippen molar-refractivity contribution in [2.24, 2.45) is 0 Å². The molecule has 0 aromatic rings. The van der Waals surface area contributed by atoms with Crippen molar-refractivity contribution >= 4 is 22.0 Å². The molecular formula is C9H21N3O2S2. The van der Waals surface area contributed by atoms with Crippen LogP contribution in [0.4, 0.5) is 0 Å². The van der Waals surface area contributed by atoms with Gasteiger partial charge < -0.3 is 5.32 Å². The van der Waals surface area contributed by atoms with Crippen molar-refractivity contribution in [3.63, 3.8) is 0 Å². The summed E-state index contributed by atoms with van der Waals surface area (Å²) in [5.74, 6) is 0.977. The Hall–Kier alpha value is 0.180. The molecule has 0 bridgehead atoms. The van der Waals surface area contributed by atoms with Crippen LogP contribution >= 0.6 is 11.8 Å². The Morgan fingerprint density at radius 3 is 2.62 bits per heavy atom. The summed E-state index contributed by atoms with van der Waals surface area (Å²) in [5.41, 5.74) is 0. The number of thioether (sulfide) groups is 1. The molecule has 5 nitrogen and oxygen atoms in total. The zero-order valence-corrected chi connectivity index (χ0v) is 11.5. The number of hydrogen-bond acceptors (Lipinski definition) is 4. The molecule has 96 valence electrons. The second-order valence-electron chi connectivity index (χ2n) is 3.95. The summed E-state index contributed by atoms with van der Waals surface area (Å²) in [6.07, 6.45) is 2.89. The van der Waals surface area contributed by atoms with Crippen LogP contribution in [0.2, 0.25) is 0 Å². The van der Waals surface area contributed by atoms with Crippen molar-refractivity contribution in [1.29, 1.82) is 0 Å². The van der Waals surface area contributed by atoms with E-state index in [1.807, 2.05) is 13.2 Å². The molecule has 1 rings (SSSR count). The molecule has 1 atom stereocenters. The Kier molecular flexibility index (Phi) is 6.06. The minimum Gasteiger partial charge on any atom is -0.314 e. The third-order valence-corrected chi connectivity index (χ3v) is 4.91. The van der Waals surface area contributed by atoms with Crippen LogP contribution in [-0.4, -0.2) is 57.0 Å². The molecule has 0 radical (unpaired) electrons. The van der Waals surface area contributed by atoms with E-state index in [-0.39, 0.29) is 6.04 Å². The van der Waals surface area contributed by atoms with Gasteiger partial charge in [0.1, 0.15) is 0 Å². The average Bonchev–Trinajstić information content (AvgIpc) is 2.27. The fraction of sp³-hybridized carbons (Fsp3) is 1.00. The van der Waals surface area contributed by atoms with Gasteiger partial charge in [0.15, 0.2) is 0 Å². The van der Waals surface area contributed by atoms with Gasteiger partial charge in [-0.3, -0.25) is 0 Å². The number of piperazine rings is 1. The van der Waals surface area contributed by atoms with Crippen molar-refractivity contribution in [3.8, 4) is 0 Å². The van der Waals surface area contributed by atoms with Crippen molar-refractivity contribution in [3.05, 3.63) is 0 Å². The van der Waals surface area contributed by atoms with Gasteiger partial charge in [-0.15, -0.1) is 0 Å². The molecule has 16 heavy (non-hydrogen) atoms. The summed E-state index contributed by atoms with van der Waals surface area (Å²) < 4.78 is 28.1. The standard InChI is InChI=1S/C9H21N3O2S2/c1-9(3-8-15-2)11-16(13,14)12-6-4-10-5-7-12/h9-11H,3-8H2,1-2H3. The van der Waals surface area contributed by atoms with Gasteiger partial charge in [0.25, 0.3) is 10.2 Å². The molecule has 1 saturated heterocycles. The quantitative estimate of drug-likeness (QED) is 0.704. The predicted octanol–water partition coefficient (Wildman–Crippen LogP) is -0.132. The van der Waals surface area contributed by atoms with E-state index in [9.17, 15) is 8.42 Å². The van der Waals surface area contributed by atoms with Crippen molar-refractivity contribution in [2.45, 2.75) is 19.4 Å². The lowest BCUT2D eigenvalue weighted by Crippen LogP contribution is -2.52. The summed E-state index contributed by atoms with van der Waals surface area (Å²) in [4.78, 5) is 0. The molecule has 0 saturated carbocycles. The maximum atomic E-state index is 11.9. The molecule has 0 aromatic carbocycles. The molecule has 1 fully saturated rings. The highest BCUT2D eigenvalue weighted by molar-refractivity contribution is 7.98. The van der Waals surface area contributed by atoms with Gasteiger partial charge in [-0.1, -0.05) is 0 Å². The first-order valence-corrected chi connectivity index (χ1v) is 8.36. The summed E-state index contributed by atoms with van der Waals surface area (Å²) in [6, 6.07) is 0.00679. The van der Waals surface area contributed by atoms with Gasteiger partial charge in [-0.2, -0.15) is 29.2 Å². The van der Waals surface area contributed by atoms with Crippen molar-refractivity contribution in [1.82, 2.24) is 14.3 Å². The average molecular weight is 267 g/mol. The predicted molar refractivity (Wildman–Crippen MR) is 69.0 cm³/mol. The van der Waals surface area contributed by atoms with E-state index < -0.39 is 10.2 Å². The van der Waals surface area contributed by atoms with Crippen LogP contribution in [-0.2, 0) is 10.2 Å². The number of nitrogens with zero attached hydrogens (tertiary/aromatic N) is 1. The van der Waals surface area contributed by atoms with Crippen molar-refractivity contribution < 1.29 is 8.42 Å². The Bertz CT molecular complexity index is 289. The highest BCUT2D eigenvalue weighted by Gasteiger charge is 2.24. The summed E-state index contributed by atoms with van der Waals surface area (Å²) in [7, 11) is -3.28. The lowest BCUT2D eigenvalue weighted by atomic mass is 10.3. The summed E-state index contributed by atoms with van der Waals surface area (Å²) in [6.45, 7) is 4.51. The topological polar surface area (TPSA) is 61.4 Å². The van der Waals surface area contributed by atoms with E-state index in [0.717, 1.165) is 25.3 Å². The van der Waals surface area contributed by atoms with Crippen LogP contribution in [0.3, 0.4) is 0 Å². The van der Waals surface area contributed by atoms with Crippen LogP contribution < -0.4 is 10.0 Å². The number of hydrogen-bond donors (Lipinski definition) is 2. The van der Waals surface area contributed by atoms with Gasteiger partial charge in [-0.05, 0) is 25.4 Å². The van der Waals surface area contributed by atoms with Gasteiger partial charge >= 0.3 is 0 Å². The molecule has 0 amide bonds. The highest BCUT2D eigenvalue weighted by Crippen LogP contribution is 2.05. The van der Waals surface area contributed by atoms with E-state index >= 15 is 0 Å². The largest absolute Gasteiger partial charge is 0.314 e. The zero-order chi connectivity index (χ0) is 12.0. The molecule has 2 N–H and O–H groups in total. The molecule has 1 unspecified atom stereocenters. The normalized spacial score (nSPS) is 20.9. The van der Waals surface area contributed by atoms with E-state index in [0.29, 0.717) is 13.1 Å². The summed E-state index contributed by atoms with van der Waals surface area (Å²) >= 11 is 1.73. The third-order valence-electron chi connectivity index (χ3n) is 2.52. The molecular weight excluding hydrogens is 246 g/mol. The first kappa shape index (κ1) is 14.2. The molecule has 0 aromatic heterocycles. The van der Waals surface area contributed by atoms with Gasteiger partial charge in [-0.25, -0.2) is 0 Å². The lowest BCUT2D eigenvalue weighted by Gasteiger charge is -2.28. The van der Waals surface area contributed by atoms with Crippen LogP contribution in [0.5, 0.6) is 0 Å². The first-order chi connectivity index (χ1) is 7.56. The van der Waals surface area contributed by atoms with Crippen LogP contribution in [0, 0.1) is 0 Å². The zero-order valence-electron chi connectivity index (χ0n) is 9.90. The second-order valence-corrected chi connectivity index (χ2v) is 6.64. The smallest absolute Gasteiger partial charge is 0.279 e. The molecule has 0 aliphatic carbocycles. The van der Waals surface area contributed by atoms with Gasteiger partial charge in [0.05, 0.1) is 0 Å². The van der Waals surface area contributed by atoms with Gasteiger partial charge in [0.2, 0.25) is 0 Å². The van der Waals surface area contributed by atoms with E-state index in [2.05, 4.69) is 10.0 Å². The van der Waals surface area contributed by atoms with Gasteiger partial charge in [0, 0.05) is 32.2 Å². The maximum absolute atomic E-state index is 11.9. The van der Waals surface area contributed by atoms with E-state index in [1.54, 1.807) is 11.8 Å². The fourth-order valence-corrected chi connectivity index (χ4v) is 3.59. The Balaban J connectivity index is 2.43. The highest BCUT2D eigenvalue weighted by atomic mass is 32.2. The Morgan fingerprint density at radius 1 is 1.44 bits per heavy atom. The summed E-state index contributed by atoms with van der Waals surface area (Å²) in [5, 5.41) is 3.14. The lowest BCUT2D eigenvalue weighted by molar-refractivity contribution is 0.351. The monoisotopic (exact) mass is 267 g/mol. The molecule has 7 heteroatoms. The first-order valence-electron chi connectivity index (χ1n) is 5.53.